The highest BCUT2D eigenvalue weighted by molar-refractivity contribution is 8.00. The van der Waals surface area contributed by atoms with Gasteiger partial charge in [0.05, 0.1) is 34.6 Å². The van der Waals surface area contributed by atoms with Crippen molar-refractivity contribution in [1.82, 2.24) is 20.1 Å². The first-order chi connectivity index (χ1) is 19.6. The van der Waals surface area contributed by atoms with Crippen molar-refractivity contribution in [3.8, 4) is 16.9 Å². The molecule has 200 valence electrons. The summed E-state index contributed by atoms with van der Waals surface area (Å²) < 4.78 is 1.85. The van der Waals surface area contributed by atoms with E-state index in [9.17, 15) is 9.59 Å². The van der Waals surface area contributed by atoms with Crippen LogP contribution in [0.3, 0.4) is 0 Å². The highest BCUT2D eigenvalue weighted by Gasteiger charge is 2.38. The number of pyridine rings is 1. The Hall–Kier alpha value is -4.21. The molecule has 5 aromatic rings. The summed E-state index contributed by atoms with van der Waals surface area (Å²) in [6.07, 6.45) is 1.69. The molecule has 7 nitrogen and oxygen atoms in total. The van der Waals surface area contributed by atoms with Crippen LogP contribution in [-0.4, -0.2) is 38.9 Å². The van der Waals surface area contributed by atoms with Gasteiger partial charge in [0.25, 0.3) is 0 Å². The number of carbonyl (C=O) groups excluding carboxylic acids is 2. The third-order valence-electron chi connectivity index (χ3n) is 6.82. The van der Waals surface area contributed by atoms with Gasteiger partial charge in [-0.25, -0.2) is 4.68 Å². The Kier molecular flexibility index (Phi) is 7.48. The lowest BCUT2D eigenvalue weighted by atomic mass is 10.0. The number of thioether (sulfide) groups is 1. The monoisotopic (exact) mass is 565 g/mol. The molecule has 0 saturated carbocycles. The number of benzene rings is 2. The average Bonchev–Trinajstić information content (AvgIpc) is 3.63. The fourth-order valence-electron chi connectivity index (χ4n) is 4.88. The second-order valence-corrected chi connectivity index (χ2v) is 11.3. The van der Waals surface area contributed by atoms with E-state index in [2.05, 4.69) is 27.1 Å². The van der Waals surface area contributed by atoms with Crippen LogP contribution >= 0.6 is 23.1 Å². The molecule has 0 unspecified atom stereocenters. The molecule has 0 fully saturated rings. The molecule has 1 atom stereocenters. The van der Waals surface area contributed by atoms with Crippen LogP contribution in [-0.2, 0) is 16.1 Å². The molecule has 0 aliphatic carbocycles. The second kappa shape index (κ2) is 11.5. The van der Waals surface area contributed by atoms with Gasteiger partial charge in [-0.15, -0.1) is 11.8 Å². The number of thiophene rings is 1. The van der Waals surface area contributed by atoms with E-state index in [1.165, 1.54) is 0 Å². The highest BCUT2D eigenvalue weighted by Crippen LogP contribution is 2.49. The lowest BCUT2D eigenvalue weighted by molar-refractivity contribution is -0.123. The Morgan fingerprint density at radius 3 is 2.58 bits per heavy atom. The Balaban J connectivity index is 1.51. The van der Waals surface area contributed by atoms with Gasteiger partial charge in [-0.05, 0) is 53.1 Å². The average molecular weight is 566 g/mol. The minimum absolute atomic E-state index is 0.124. The van der Waals surface area contributed by atoms with Crippen molar-refractivity contribution in [3.05, 3.63) is 118 Å². The van der Waals surface area contributed by atoms with E-state index in [-0.39, 0.29) is 35.9 Å². The van der Waals surface area contributed by atoms with Crippen LogP contribution in [0.5, 0.6) is 0 Å². The summed E-state index contributed by atoms with van der Waals surface area (Å²) in [5.74, 6) is 0.478. The first kappa shape index (κ1) is 26.0. The van der Waals surface area contributed by atoms with Gasteiger partial charge in [0, 0.05) is 17.3 Å². The molecule has 1 N–H and O–H groups in total. The first-order valence-corrected chi connectivity index (χ1v) is 14.9. The van der Waals surface area contributed by atoms with Crippen LogP contribution in [0.25, 0.3) is 16.9 Å². The summed E-state index contributed by atoms with van der Waals surface area (Å²) in [6, 6.07) is 25.7. The number of hydrogen-bond acceptors (Lipinski definition) is 6. The number of aromatic nitrogens is 3. The molecule has 3 aromatic heterocycles. The van der Waals surface area contributed by atoms with Gasteiger partial charge in [-0.1, -0.05) is 54.6 Å². The van der Waals surface area contributed by atoms with Crippen molar-refractivity contribution in [1.29, 1.82) is 0 Å². The second-order valence-electron chi connectivity index (χ2n) is 9.48. The van der Waals surface area contributed by atoms with Crippen molar-refractivity contribution in [2.75, 3.05) is 17.2 Å². The number of para-hydroxylation sites is 1. The third-order valence-corrected chi connectivity index (χ3v) is 8.78. The van der Waals surface area contributed by atoms with E-state index in [1.54, 1.807) is 34.2 Å². The van der Waals surface area contributed by atoms with E-state index in [0.29, 0.717) is 5.82 Å². The van der Waals surface area contributed by atoms with Crippen LogP contribution in [0.4, 0.5) is 5.82 Å². The fourth-order valence-corrected chi connectivity index (χ4v) is 6.84. The molecule has 40 heavy (non-hydrogen) atoms. The van der Waals surface area contributed by atoms with Gasteiger partial charge in [-0.2, -0.15) is 16.4 Å². The Labute approximate surface area is 240 Å². The summed E-state index contributed by atoms with van der Waals surface area (Å²) in [5, 5.41) is 12.1. The number of amides is 2. The maximum atomic E-state index is 13.8. The molecule has 4 heterocycles. The van der Waals surface area contributed by atoms with Gasteiger partial charge < -0.3 is 5.32 Å². The zero-order chi connectivity index (χ0) is 27.5. The van der Waals surface area contributed by atoms with Gasteiger partial charge in [-0.3, -0.25) is 19.5 Å². The van der Waals surface area contributed by atoms with Gasteiger partial charge >= 0.3 is 0 Å². The Morgan fingerprint density at radius 2 is 1.82 bits per heavy atom. The number of rotatable bonds is 7. The number of fused-ring (bicyclic) bond motifs is 1. The van der Waals surface area contributed by atoms with Gasteiger partial charge in [0.15, 0.2) is 0 Å². The summed E-state index contributed by atoms with van der Waals surface area (Å²) in [6.45, 7) is 2.19. The Morgan fingerprint density at radius 1 is 1.02 bits per heavy atom. The smallest absolute Gasteiger partial charge is 0.240 e. The van der Waals surface area contributed by atoms with Crippen LogP contribution in [0.15, 0.2) is 95.8 Å². The lowest BCUT2D eigenvalue weighted by Crippen LogP contribution is -2.42. The standard InChI is InChI=1S/C31H27N5O2S2/c1-21-9-5-6-13-25(21)36-31-28(29(34-36)22-10-3-2-4-11-22)30(23-14-16-39-19-23)40-20-27(38)35(31)18-26(37)33-17-24-12-7-8-15-32-24/h2-16,19,30H,17-18,20H2,1H3,(H,33,37)/t30-/m1/s1. The highest BCUT2D eigenvalue weighted by atomic mass is 32.2. The molecule has 1 aliphatic rings. The maximum Gasteiger partial charge on any atom is 0.240 e. The molecular weight excluding hydrogens is 539 g/mol. The molecule has 2 aromatic carbocycles. The van der Waals surface area contributed by atoms with E-state index in [1.807, 2.05) is 84.4 Å². The number of nitrogens with zero attached hydrogens (tertiary/aromatic N) is 4. The summed E-state index contributed by atoms with van der Waals surface area (Å²) in [7, 11) is 0. The van der Waals surface area contributed by atoms with Crippen molar-refractivity contribution >= 4 is 40.7 Å². The summed E-state index contributed by atoms with van der Waals surface area (Å²) in [5.41, 5.74) is 6.44. The van der Waals surface area contributed by atoms with Gasteiger partial charge in [0.2, 0.25) is 11.8 Å². The predicted octanol–water partition coefficient (Wildman–Crippen LogP) is 5.79. The molecule has 9 heteroatoms. The number of anilines is 1. The van der Waals surface area contributed by atoms with Gasteiger partial charge in [0.1, 0.15) is 12.4 Å². The molecule has 0 radical (unpaired) electrons. The molecule has 0 bridgehead atoms. The minimum atomic E-state index is -0.261. The van der Waals surface area contributed by atoms with E-state index < -0.39 is 0 Å². The molecule has 0 saturated heterocycles. The largest absolute Gasteiger partial charge is 0.349 e. The predicted molar refractivity (Wildman–Crippen MR) is 161 cm³/mol. The zero-order valence-electron chi connectivity index (χ0n) is 21.9. The SMILES string of the molecule is Cc1ccccc1-n1nc(-c2ccccc2)c2c1N(CC(=O)NCc1ccccn1)C(=O)CS[C@@H]2c1ccsc1. The van der Waals surface area contributed by atoms with Crippen LogP contribution in [0.1, 0.15) is 27.6 Å². The van der Waals surface area contributed by atoms with E-state index >= 15 is 0 Å². The summed E-state index contributed by atoms with van der Waals surface area (Å²) in [4.78, 5) is 33.0. The normalized spacial score (nSPS) is 15.0. The molecule has 6 rings (SSSR count). The number of aryl methyl sites for hydroxylation is 1. The summed E-state index contributed by atoms with van der Waals surface area (Å²) >= 11 is 3.21. The maximum absolute atomic E-state index is 13.8. The Bertz CT molecular complexity index is 1640. The fraction of sp³-hybridized carbons (Fsp3) is 0.161. The van der Waals surface area contributed by atoms with Crippen LogP contribution in [0, 0.1) is 6.92 Å². The number of carbonyl (C=O) groups is 2. The van der Waals surface area contributed by atoms with Crippen molar-refractivity contribution in [2.24, 2.45) is 0 Å². The van der Waals surface area contributed by atoms with Crippen LogP contribution in [0.2, 0.25) is 0 Å². The molecular formula is C31H27N5O2S2. The number of nitrogens with one attached hydrogen (secondary N) is 1. The minimum Gasteiger partial charge on any atom is -0.349 e. The van der Waals surface area contributed by atoms with Crippen molar-refractivity contribution < 1.29 is 9.59 Å². The molecule has 1 aliphatic heterocycles. The van der Waals surface area contributed by atoms with E-state index in [0.717, 1.165) is 39.3 Å². The quantitative estimate of drug-likeness (QED) is 0.270. The number of hydrogen-bond donors (Lipinski definition) is 1. The van der Waals surface area contributed by atoms with Crippen molar-refractivity contribution in [3.63, 3.8) is 0 Å². The van der Waals surface area contributed by atoms with Crippen molar-refractivity contribution in [2.45, 2.75) is 18.7 Å². The molecule has 2 amide bonds. The van der Waals surface area contributed by atoms with Crippen LogP contribution < -0.4 is 10.2 Å². The third kappa shape index (κ3) is 5.17. The first-order valence-electron chi connectivity index (χ1n) is 12.9. The lowest BCUT2D eigenvalue weighted by Gasteiger charge is -2.23. The zero-order valence-corrected chi connectivity index (χ0v) is 23.5. The van der Waals surface area contributed by atoms with E-state index in [4.69, 9.17) is 5.10 Å². The topological polar surface area (TPSA) is 80.1 Å². The molecule has 0 spiro atoms.